The highest BCUT2D eigenvalue weighted by atomic mass is 32.2. The average Bonchev–Trinajstić information content (AvgIpc) is 3.26. The highest BCUT2D eigenvalue weighted by Crippen LogP contribution is 2.27. The van der Waals surface area contributed by atoms with E-state index in [4.69, 9.17) is 0 Å². The molecule has 2 unspecified atom stereocenters. The molecule has 1 amide bonds. The van der Waals surface area contributed by atoms with E-state index in [9.17, 15) is 13.2 Å². The first-order valence-corrected chi connectivity index (χ1v) is 12.8. The molecule has 2 aromatic carbocycles. The topological polar surface area (TPSA) is 66.5 Å². The van der Waals surface area contributed by atoms with Crippen molar-refractivity contribution in [3.05, 3.63) is 87.6 Å². The lowest BCUT2D eigenvalue weighted by Crippen LogP contribution is -2.38. The van der Waals surface area contributed by atoms with Crippen molar-refractivity contribution in [1.29, 1.82) is 0 Å². The molecule has 0 aliphatic carbocycles. The zero-order valence-corrected chi connectivity index (χ0v) is 19.8. The number of carbonyl (C=O) groups excluding carboxylic acids is 1. The summed E-state index contributed by atoms with van der Waals surface area (Å²) in [5.41, 5.74) is 3.18. The van der Waals surface area contributed by atoms with E-state index in [2.05, 4.69) is 29.6 Å². The fourth-order valence-electron chi connectivity index (χ4n) is 3.35. The van der Waals surface area contributed by atoms with E-state index in [1.807, 2.05) is 43.3 Å². The third-order valence-electron chi connectivity index (χ3n) is 5.39. The van der Waals surface area contributed by atoms with Crippen molar-refractivity contribution in [2.24, 2.45) is 0 Å². The number of likely N-dealkylation sites (N-methyl/N-ethyl adjacent to an activating group) is 1. The van der Waals surface area contributed by atoms with Crippen molar-refractivity contribution < 1.29 is 13.2 Å². The van der Waals surface area contributed by atoms with Crippen LogP contribution in [0.1, 0.15) is 40.6 Å². The summed E-state index contributed by atoms with van der Waals surface area (Å²) in [4.78, 5) is 16.2. The minimum atomic E-state index is -3.23. The molecule has 31 heavy (non-hydrogen) atoms. The molecule has 1 N–H and O–H groups in total. The van der Waals surface area contributed by atoms with Gasteiger partial charge in [-0.25, -0.2) is 8.42 Å². The van der Waals surface area contributed by atoms with Crippen LogP contribution in [-0.2, 0) is 14.6 Å². The van der Waals surface area contributed by atoms with Gasteiger partial charge in [0.05, 0.1) is 17.5 Å². The van der Waals surface area contributed by atoms with Gasteiger partial charge in [-0.3, -0.25) is 9.69 Å². The Bertz CT molecular complexity index is 1110. The molecule has 2 atom stereocenters. The van der Waals surface area contributed by atoms with Crippen molar-refractivity contribution >= 4 is 27.1 Å². The molecule has 5 nitrogen and oxygen atoms in total. The molecule has 0 spiro atoms. The second-order valence-electron chi connectivity index (χ2n) is 7.86. The van der Waals surface area contributed by atoms with Gasteiger partial charge in [0.25, 0.3) is 0 Å². The first-order valence-electron chi connectivity index (χ1n) is 10.0. The van der Waals surface area contributed by atoms with Crippen LogP contribution in [0.25, 0.3) is 0 Å². The maximum absolute atomic E-state index is 12.9. The number of nitrogens with one attached hydrogen (secondary N) is 1. The number of nitrogens with zero attached hydrogens (tertiary/aromatic N) is 1. The maximum atomic E-state index is 12.9. The molecule has 0 saturated carbocycles. The third kappa shape index (κ3) is 6.03. The Morgan fingerprint density at radius 2 is 1.65 bits per heavy atom. The molecule has 164 valence electrons. The van der Waals surface area contributed by atoms with E-state index >= 15 is 0 Å². The summed E-state index contributed by atoms with van der Waals surface area (Å²) in [6.45, 7) is 4.27. The van der Waals surface area contributed by atoms with Gasteiger partial charge in [0.1, 0.15) is 0 Å². The van der Waals surface area contributed by atoms with Crippen LogP contribution in [-0.4, -0.2) is 39.1 Å². The minimum absolute atomic E-state index is 0.0427. The summed E-state index contributed by atoms with van der Waals surface area (Å²) in [6, 6.07) is 18.8. The summed E-state index contributed by atoms with van der Waals surface area (Å²) in [7, 11) is -1.34. The Labute approximate surface area is 188 Å². The molecule has 0 bridgehead atoms. The molecular formula is C24H28N2O3S2. The lowest BCUT2D eigenvalue weighted by atomic mass is 10.0. The van der Waals surface area contributed by atoms with Gasteiger partial charge in [-0.05, 0) is 55.6 Å². The SMILES string of the molecule is Cc1ccc(C(NC(=O)CN(C)C(C)c2ccc(S(C)(=O)=O)cc2)c2cccs2)cc1. The van der Waals surface area contributed by atoms with Gasteiger partial charge >= 0.3 is 0 Å². The van der Waals surface area contributed by atoms with Crippen LogP contribution >= 0.6 is 11.3 Å². The molecule has 0 aliphatic heterocycles. The van der Waals surface area contributed by atoms with E-state index in [1.54, 1.807) is 35.6 Å². The second-order valence-corrected chi connectivity index (χ2v) is 10.9. The molecule has 3 aromatic rings. The Balaban J connectivity index is 1.69. The van der Waals surface area contributed by atoms with Crippen molar-refractivity contribution in [2.45, 2.75) is 30.8 Å². The number of hydrogen-bond acceptors (Lipinski definition) is 5. The Hall–Kier alpha value is -2.48. The smallest absolute Gasteiger partial charge is 0.234 e. The summed E-state index contributed by atoms with van der Waals surface area (Å²) in [5, 5.41) is 5.18. The lowest BCUT2D eigenvalue weighted by molar-refractivity contribution is -0.122. The number of rotatable bonds is 8. The number of carbonyl (C=O) groups is 1. The van der Waals surface area contributed by atoms with Gasteiger partial charge in [-0.1, -0.05) is 48.0 Å². The van der Waals surface area contributed by atoms with Crippen molar-refractivity contribution in [3.63, 3.8) is 0 Å². The second kappa shape index (κ2) is 9.77. The Morgan fingerprint density at radius 1 is 1.03 bits per heavy atom. The van der Waals surface area contributed by atoms with E-state index in [-0.39, 0.29) is 24.5 Å². The van der Waals surface area contributed by atoms with E-state index in [0.29, 0.717) is 4.90 Å². The molecular weight excluding hydrogens is 428 g/mol. The van der Waals surface area contributed by atoms with Crippen molar-refractivity contribution in [1.82, 2.24) is 10.2 Å². The first kappa shape index (κ1) is 23.2. The van der Waals surface area contributed by atoms with Crippen LogP contribution in [0.15, 0.2) is 70.9 Å². The molecule has 0 radical (unpaired) electrons. The van der Waals surface area contributed by atoms with Crippen LogP contribution in [0.3, 0.4) is 0 Å². The number of sulfone groups is 1. The summed E-state index contributed by atoms with van der Waals surface area (Å²) in [5.74, 6) is -0.0684. The van der Waals surface area contributed by atoms with Gasteiger partial charge in [0, 0.05) is 17.2 Å². The number of aryl methyl sites for hydroxylation is 1. The average molecular weight is 457 g/mol. The largest absolute Gasteiger partial charge is 0.343 e. The van der Waals surface area contributed by atoms with E-state index in [1.165, 1.54) is 11.8 Å². The number of amides is 1. The number of hydrogen-bond donors (Lipinski definition) is 1. The van der Waals surface area contributed by atoms with Crippen LogP contribution in [0.4, 0.5) is 0 Å². The minimum Gasteiger partial charge on any atom is -0.343 e. The number of thiophene rings is 1. The zero-order valence-electron chi connectivity index (χ0n) is 18.2. The van der Waals surface area contributed by atoms with E-state index in [0.717, 1.165) is 16.0 Å². The van der Waals surface area contributed by atoms with Gasteiger partial charge in [0.2, 0.25) is 5.91 Å². The molecule has 0 fully saturated rings. The molecule has 0 saturated heterocycles. The molecule has 7 heteroatoms. The number of benzene rings is 2. The van der Waals surface area contributed by atoms with E-state index < -0.39 is 9.84 Å². The molecule has 0 aliphatic rings. The van der Waals surface area contributed by atoms with Crippen molar-refractivity contribution in [2.75, 3.05) is 19.8 Å². The summed E-state index contributed by atoms with van der Waals surface area (Å²) in [6.07, 6.45) is 1.19. The van der Waals surface area contributed by atoms with Gasteiger partial charge in [-0.2, -0.15) is 0 Å². The quantitative estimate of drug-likeness (QED) is 0.547. The fourth-order valence-corrected chi connectivity index (χ4v) is 4.78. The predicted molar refractivity (Wildman–Crippen MR) is 126 cm³/mol. The Morgan fingerprint density at radius 3 is 2.19 bits per heavy atom. The molecule has 3 rings (SSSR count). The first-order chi connectivity index (χ1) is 14.6. The van der Waals surface area contributed by atoms with Crippen LogP contribution in [0.2, 0.25) is 0 Å². The maximum Gasteiger partial charge on any atom is 0.234 e. The highest BCUT2D eigenvalue weighted by molar-refractivity contribution is 7.90. The van der Waals surface area contributed by atoms with Crippen molar-refractivity contribution in [3.8, 4) is 0 Å². The molecule has 1 heterocycles. The fraction of sp³-hybridized carbons (Fsp3) is 0.292. The lowest BCUT2D eigenvalue weighted by Gasteiger charge is -2.26. The van der Waals surface area contributed by atoms with Gasteiger partial charge < -0.3 is 5.32 Å². The normalized spacial score (nSPS) is 13.7. The monoisotopic (exact) mass is 456 g/mol. The third-order valence-corrected chi connectivity index (χ3v) is 7.45. The molecule has 1 aromatic heterocycles. The van der Waals surface area contributed by atoms with Gasteiger partial charge in [0.15, 0.2) is 9.84 Å². The standard InChI is InChI=1S/C24H28N2O3S2/c1-17-7-9-20(10-8-17)24(22-6-5-15-30-22)25-23(27)16-26(3)18(2)19-11-13-21(14-12-19)31(4,28)29/h5-15,18,24H,16H2,1-4H3,(H,25,27). The van der Waals surface area contributed by atoms with Gasteiger partial charge in [-0.15, -0.1) is 11.3 Å². The Kier molecular flexibility index (Phi) is 7.30. The van der Waals surface area contributed by atoms with Crippen LogP contribution in [0, 0.1) is 6.92 Å². The zero-order chi connectivity index (χ0) is 22.6. The van der Waals surface area contributed by atoms with Crippen LogP contribution in [0.5, 0.6) is 0 Å². The predicted octanol–water partition coefficient (Wildman–Crippen LogP) is 4.36. The highest BCUT2D eigenvalue weighted by Gasteiger charge is 2.21. The summed E-state index contributed by atoms with van der Waals surface area (Å²) >= 11 is 1.62. The van der Waals surface area contributed by atoms with Crippen LogP contribution < -0.4 is 5.32 Å². The summed E-state index contributed by atoms with van der Waals surface area (Å²) < 4.78 is 23.3.